The number of anilines is 1. The quantitative estimate of drug-likeness (QED) is 0.861. The molecule has 1 amide bonds. The van der Waals surface area contributed by atoms with Gasteiger partial charge in [0.1, 0.15) is 4.60 Å². The topological polar surface area (TPSA) is 64.0 Å². The third-order valence-electron chi connectivity index (χ3n) is 2.64. The monoisotopic (exact) mass is 321 g/mol. The predicted molar refractivity (Wildman–Crippen MR) is 76.3 cm³/mol. The molecule has 0 aromatic carbocycles. The Labute approximate surface area is 118 Å². The molecule has 2 aromatic heterocycles. The van der Waals surface area contributed by atoms with Gasteiger partial charge in [0.15, 0.2) is 0 Å². The normalized spacial score (nSPS) is 10.3. The summed E-state index contributed by atoms with van der Waals surface area (Å²) < 4.78 is 2.14. The van der Waals surface area contributed by atoms with Gasteiger partial charge in [0.05, 0.1) is 11.9 Å². The Morgan fingerprint density at radius 3 is 2.79 bits per heavy atom. The zero-order valence-corrected chi connectivity index (χ0v) is 12.1. The van der Waals surface area contributed by atoms with Crippen molar-refractivity contribution in [1.82, 2.24) is 9.55 Å². The Balaban J connectivity index is 2.23. The molecule has 1 N–H and O–H groups in total. The van der Waals surface area contributed by atoms with E-state index in [1.54, 1.807) is 31.6 Å². The molecule has 0 aliphatic heterocycles. The fourth-order valence-electron chi connectivity index (χ4n) is 1.52. The molecular weight excluding hydrogens is 310 g/mol. The van der Waals surface area contributed by atoms with Crippen LogP contribution in [0.25, 0.3) is 0 Å². The number of aryl methyl sites for hydroxylation is 2. The third kappa shape index (κ3) is 3.08. The molecule has 0 bridgehead atoms. The van der Waals surface area contributed by atoms with Crippen LogP contribution in [-0.4, -0.2) is 15.5 Å². The van der Waals surface area contributed by atoms with Gasteiger partial charge >= 0.3 is 0 Å². The van der Waals surface area contributed by atoms with E-state index in [-0.39, 0.29) is 11.5 Å². The summed E-state index contributed by atoms with van der Waals surface area (Å²) >= 11 is 3.29. The van der Waals surface area contributed by atoms with Crippen molar-refractivity contribution in [3.63, 3.8) is 0 Å². The predicted octanol–water partition coefficient (Wildman–Crippen LogP) is 2.10. The lowest BCUT2D eigenvalue weighted by atomic mass is 10.2. The van der Waals surface area contributed by atoms with E-state index in [2.05, 4.69) is 26.2 Å². The lowest BCUT2D eigenvalue weighted by Crippen LogP contribution is -2.20. The highest BCUT2D eigenvalue weighted by Crippen LogP contribution is 2.17. The molecule has 19 heavy (non-hydrogen) atoms. The van der Waals surface area contributed by atoms with Crippen LogP contribution in [-0.2, 0) is 7.05 Å². The second-order valence-electron chi connectivity index (χ2n) is 4.15. The number of nitrogens with zero attached hydrogens (tertiary/aromatic N) is 2. The molecule has 0 unspecified atom stereocenters. The van der Waals surface area contributed by atoms with Crippen LogP contribution in [0, 0.1) is 6.92 Å². The van der Waals surface area contributed by atoms with Crippen LogP contribution < -0.4 is 10.9 Å². The maximum atomic E-state index is 12.0. The summed E-state index contributed by atoms with van der Waals surface area (Å²) in [6, 6.07) is 4.69. The largest absolute Gasteiger partial charge is 0.321 e. The molecular formula is C13H12BrN3O2. The number of carbonyl (C=O) groups excluding carboxylic acids is 1. The zero-order chi connectivity index (χ0) is 14.0. The summed E-state index contributed by atoms with van der Waals surface area (Å²) in [5, 5.41) is 2.70. The first-order valence-electron chi connectivity index (χ1n) is 5.57. The number of carbonyl (C=O) groups is 1. The summed E-state index contributed by atoms with van der Waals surface area (Å²) in [5.74, 6) is -0.332. The molecule has 0 saturated carbocycles. The van der Waals surface area contributed by atoms with E-state index in [0.717, 1.165) is 10.2 Å². The number of nitrogens with one attached hydrogen (secondary N) is 1. The van der Waals surface area contributed by atoms with Crippen LogP contribution >= 0.6 is 15.9 Å². The molecule has 0 aliphatic rings. The number of hydrogen-bond acceptors (Lipinski definition) is 3. The number of rotatable bonds is 2. The van der Waals surface area contributed by atoms with Gasteiger partial charge in [-0.05, 0) is 40.5 Å². The second kappa shape index (κ2) is 5.36. The van der Waals surface area contributed by atoms with Crippen LogP contribution in [0.4, 0.5) is 5.69 Å². The maximum absolute atomic E-state index is 12.0. The van der Waals surface area contributed by atoms with Gasteiger partial charge in [0.25, 0.3) is 11.5 Å². The van der Waals surface area contributed by atoms with Crippen LogP contribution in [0.2, 0.25) is 0 Å². The van der Waals surface area contributed by atoms with Gasteiger partial charge in [-0.25, -0.2) is 4.98 Å². The van der Waals surface area contributed by atoms with Gasteiger partial charge in [-0.15, -0.1) is 0 Å². The minimum absolute atomic E-state index is 0.224. The molecule has 2 rings (SSSR count). The van der Waals surface area contributed by atoms with E-state index in [4.69, 9.17) is 0 Å². The Morgan fingerprint density at radius 2 is 2.16 bits per heavy atom. The minimum Gasteiger partial charge on any atom is -0.321 e. The molecule has 2 aromatic rings. The summed E-state index contributed by atoms with van der Waals surface area (Å²) in [5.41, 5.74) is 1.61. The lowest BCUT2D eigenvalue weighted by Gasteiger charge is -2.06. The molecule has 0 atom stereocenters. The standard InChI is InChI=1S/C13H12BrN3O2/c1-8-5-10(7-15-12(8)14)16-13(19)9-3-4-17(2)11(18)6-9/h3-7H,1-2H3,(H,16,19). The van der Waals surface area contributed by atoms with E-state index in [1.165, 1.54) is 10.6 Å². The number of pyridine rings is 2. The highest BCUT2D eigenvalue weighted by Gasteiger charge is 2.08. The van der Waals surface area contributed by atoms with Crippen molar-refractivity contribution in [3.05, 3.63) is 56.7 Å². The van der Waals surface area contributed by atoms with Crippen molar-refractivity contribution in [2.24, 2.45) is 7.05 Å². The highest BCUT2D eigenvalue weighted by molar-refractivity contribution is 9.10. The Morgan fingerprint density at radius 1 is 1.42 bits per heavy atom. The van der Waals surface area contributed by atoms with Crippen LogP contribution in [0.3, 0.4) is 0 Å². The molecule has 0 aliphatic carbocycles. The van der Waals surface area contributed by atoms with Crippen LogP contribution in [0.5, 0.6) is 0 Å². The van der Waals surface area contributed by atoms with Crippen molar-refractivity contribution >= 4 is 27.5 Å². The molecule has 2 heterocycles. The van der Waals surface area contributed by atoms with E-state index in [9.17, 15) is 9.59 Å². The van der Waals surface area contributed by atoms with Gasteiger partial charge in [-0.3, -0.25) is 9.59 Å². The fraction of sp³-hybridized carbons (Fsp3) is 0.154. The average molecular weight is 322 g/mol. The van der Waals surface area contributed by atoms with E-state index in [1.807, 2.05) is 6.92 Å². The lowest BCUT2D eigenvalue weighted by molar-refractivity contribution is 0.102. The molecule has 0 saturated heterocycles. The molecule has 98 valence electrons. The van der Waals surface area contributed by atoms with Gasteiger partial charge in [0, 0.05) is 24.9 Å². The van der Waals surface area contributed by atoms with Crippen molar-refractivity contribution in [2.45, 2.75) is 6.92 Å². The Hall–Kier alpha value is -1.95. The Bertz CT molecular complexity index is 695. The molecule has 6 heteroatoms. The number of halogens is 1. The van der Waals surface area contributed by atoms with E-state index in [0.29, 0.717) is 11.3 Å². The molecule has 5 nitrogen and oxygen atoms in total. The molecule has 0 radical (unpaired) electrons. The van der Waals surface area contributed by atoms with Gasteiger partial charge < -0.3 is 9.88 Å². The SMILES string of the molecule is Cc1cc(NC(=O)c2ccn(C)c(=O)c2)cnc1Br. The summed E-state index contributed by atoms with van der Waals surface area (Å²) in [6.45, 7) is 1.88. The fourth-order valence-corrected chi connectivity index (χ4v) is 1.74. The van der Waals surface area contributed by atoms with Crippen molar-refractivity contribution in [3.8, 4) is 0 Å². The number of aromatic nitrogens is 2. The van der Waals surface area contributed by atoms with Gasteiger partial charge in [0.2, 0.25) is 0 Å². The van der Waals surface area contributed by atoms with Gasteiger partial charge in [-0.2, -0.15) is 0 Å². The molecule has 0 fully saturated rings. The third-order valence-corrected chi connectivity index (χ3v) is 3.47. The van der Waals surface area contributed by atoms with Crippen LogP contribution in [0.1, 0.15) is 15.9 Å². The maximum Gasteiger partial charge on any atom is 0.255 e. The summed E-state index contributed by atoms with van der Waals surface area (Å²) in [6.07, 6.45) is 3.11. The van der Waals surface area contributed by atoms with Crippen LogP contribution in [0.15, 0.2) is 40.0 Å². The first-order valence-corrected chi connectivity index (χ1v) is 6.37. The highest BCUT2D eigenvalue weighted by atomic mass is 79.9. The van der Waals surface area contributed by atoms with Gasteiger partial charge in [-0.1, -0.05) is 0 Å². The summed E-state index contributed by atoms with van der Waals surface area (Å²) in [7, 11) is 1.63. The first kappa shape index (κ1) is 13.5. The second-order valence-corrected chi connectivity index (χ2v) is 4.90. The van der Waals surface area contributed by atoms with Crippen molar-refractivity contribution in [1.29, 1.82) is 0 Å². The molecule has 0 spiro atoms. The van der Waals surface area contributed by atoms with E-state index >= 15 is 0 Å². The van der Waals surface area contributed by atoms with Crippen molar-refractivity contribution < 1.29 is 4.79 Å². The van der Waals surface area contributed by atoms with E-state index < -0.39 is 0 Å². The zero-order valence-electron chi connectivity index (χ0n) is 10.5. The van der Waals surface area contributed by atoms with Crippen molar-refractivity contribution in [2.75, 3.05) is 5.32 Å². The number of hydrogen-bond donors (Lipinski definition) is 1. The average Bonchev–Trinajstić information content (AvgIpc) is 2.37. The summed E-state index contributed by atoms with van der Waals surface area (Å²) in [4.78, 5) is 27.5. The Kier molecular flexibility index (Phi) is 3.80. The number of amides is 1. The first-order chi connectivity index (χ1) is 8.97. The smallest absolute Gasteiger partial charge is 0.255 e. The minimum atomic E-state index is -0.332.